The lowest BCUT2D eigenvalue weighted by Gasteiger charge is -2.31. The molecule has 1 amide bonds. The first kappa shape index (κ1) is 18.0. The number of amides is 1. The van der Waals surface area contributed by atoms with Gasteiger partial charge in [0.05, 0.1) is 12.0 Å². The summed E-state index contributed by atoms with van der Waals surface area (Å²) >= 11 is 1.67. The predicted octanol–water partition coefficient (Wildman–Crippen LogP) is 4.72. The second-order valence-corrected chi connectivity index (χ2v) is 7.99. The Labute approximate surface area is 154 Å². The van der Waals surface area contributed by atoms with Gasteiger partial charge in [0.15, 0.2) is 0 Å². The van der Waals surface area contributed by atoms with Crippen LogP contribution < -0.4 is 4.74 Å². The Hall–Kier alpha value is -1.81. The van der Waals surface area contributed by atoms with Crippen molar-refractivity contribution in [2.75, 3.05) is 20.2 Å². The third-order valence-electron chi connectivity index (χ3n) is 5.14. The van der Waals surface area contributed by atoms with Crippen LogP contribution in [0.1, 0.15) is 45.4 Å². The van der Waals surface area contributed by atoms with Crippen molar-refractivity contribution < 1.29 is 9.53 Å². The maximum Gasteiger partial charge on any atom is 0.263 e. The van der Waals surface area contributed by atoms with Crippen LogP contribution in [0.5, 0.6) is 5.75 Å². The van der Waals surface area contributed by atoms with Gasteiger partial charge in [-0.1, -0.05) is 19.1 Å². The molecular formula is C21H27NO2S. The fourth-order valence-electron chi connectivity index (χ4n) is 3.57. The van der Waals surface area contributed by atoms with Crippen molar-refractivity contribution in [2.45, 2.75) is 39.5 Å². The van der Waals surface area contributed by atoms with Gasteiger partial charge in [0.25, 0.3) is 5.91 Å². The van der Waals surface area contributed by atoms with Gasteiger partial charge in [0.1, 0.15) is 5.75 Å². The summed E-state index contributed by atoms with van der Waals surface area (Å²) < 4.78 is 5.22. The van der Waals surface area contributed by atoms with E-state index in [4.69, 9.17) is 4.74 Å². The number of methoxy groups -OCH3 is 1. The van der Waals surface area contributed by atoms with Crippen molar-refractivity contribution in [3.05, 3.63) is 51.2 Å². The lowest BCUT2D eigenvalue weighted by molar-refractivity contribution is 0.0695. The Bertz CT molecular complexity index is 712. The SMILES string of the molecule is CCc1sc(C(=O)N2CCC(Cc3ccc(OC)cc3)CC2)cc1C. The number of carbonyl (C=O) groups is 1. The molecule has 25 heavy (non-hydrogen) atoms. The molecule has 0 unspecified atom stereocenters. The van der Waals surface area contributed by atoms with E-state index in [1.807, 2.05) is 17.0 Å². The van der Waals surface area contributed by atoms with E-state index in [1.165, 1.54) is 16.0 Å². The van der Waals surface area contributed by atoms with Gasteiger partial charge in [-0.3, -0.25) is 4.79 Å². The van der Waals surface area contributed by atoms with Gasteiger partial charge in [0.2, 0.25) is 0 Å². The Balaban J connectivity index is 1.54. The molecule has 1 aromatic carbocycles. The first-order valence-electron chi connectivity index (χ1n) is 9.12. The number of aryl methyl sites for hydroxylation is 2. The van der Waals surface area contributed by atoms with E-state index in [9.17, 15) is 4.79 Å². The predicted molar refractivity (Wildman–Crippen MR) is 104 cm³/mol. The first-order valence-corrected chi connectivity index (χ1v) is 9.93. The lowest BCUT2D eigenvalue weighted by Crippen LogP contribution is -2.38. The molecule has 3 rings (SSSR count). The molecule has 134 valence electrons. The Morgan fingerprint density at radius 1 is 1.24 bits per heavy atom. The minimum Gasteiger partial charge on any atom is -0.497 e. The zero-order chi connectivity index (χ0) is 17.8. The van der Waals surface area contributed by atoms with Crippen LogP contribution in [0.25, 0.3) is 0 Å². The van der Waals surface area contributed by atoms with Crippen LogP contribution >= 0.6 is 11.3 Å². The van der Waals surface area contributed by atoms with Gasteiger partial charge in [-0.2, -0.15) is 0 Å². The molecule has 4 heteroatoms. The Kier molecular flexibility index (Phi) is 5.79. The Morgan fingerprint density at radius 2 is 1.92 bits per heavy atom. The van der Waals surface area contributed by atoms with E-state index in [-0.39, 0.29) is 5.91 Å². The maximum absolute atomic E-state index is 12.7. The topological polar surface area (TPSA) is 29.5 Å². The quantitative estimate of drug-likeness (QED) is 0.775. The number of ether oxygens (including phenoxy) is 1. The molecule has 0 N–H and O–H groups in total. The number of hydrogen-bond donors (Lipinski definition) is 0. The van der Waals surface area contributed by atoms with Crippen molar-refractivity contribution in [3.8, 4) is 5.75 Å². The smallest absolute Gasteiger partial charge is 0.263 e. The van der Waals surface area contributed by atoms with Crippen LogP contribution in [0.2, 0.25) is 0 Å². The minimum atomic E-state index is 0.218. The molecule has 1 aromatic heterocycles. The maximum atomic E-state index is 12.7. The monoisotopic (exact) mass is 357 g/mol. The van der Waals surface area contributed by atoms with Crippen LogP contribution in [-0.4, -0.2) is 31.0 Å². The molecule has 2 heterocycles. The number of hydrogen-bond acceptors (Lipinski definition) is 3. The van der Waals surface area contributed by atoms with E-state index >= 15 is 0 Å². The highest BCUT2D eigenvalue weighted by Crippen LogP contribution is 2.27. The summed E-state index contributed by atoms with van der Waals surface area (Å²) in [5, 5.41) is 0. The molecule has 0 saturated carbocycles. The average Bonchev–Trinajstić information content (AvgIpc) is 3.03. The molecular weight excluding hydrogens is 330 g/mol. The normalized spacial score (nSPS) is 15.4. The van der Waals surface area contributed by atoms with E-state index in [0.717, 1.165) is 49.4 Å². The van der Waals surface area contributed by atoms with Crippen molar-refractivity contribution >= 4 is 17.2 Å². The number of carbonyl (C=O) groups excluding carboxylic acids is 1. The number of piperidine rings is 1. The summed E-state index contributed by atoms with van der Waals surface area (Å²) in [6.07, 6.45) is 4.27. The standard InChI is InChI=1S/C21H27NO2S/c1-4-19-15(2)13-20(25-19)21(23)22-11-9-17(10-12-22)14-16-5-7-18(24-3)8-6-16/h5-8,13,17H,4,9-12,14H2,1-3H3. The van der Waals surface area contributed by atoms with Gasteiger partial charge in [-0.25, -0.2) is 0 Å². The van der Waals surface area contributed by atoms with E-state index in [0.29, 0.717) is 5.92 Å². The average molecular weight is 358 g/mol. The van der Waals surface area contributed by atoms with E-state index in [2.05, 4.69) is 32.0 Å². The molecule has 0 aliphatic carbocycles. The molecule has 2 aromatic rings. The Morgan fingerprint density at radius 3 is 2.48 bits per heavy atom. The fourth-order valence-corrected chi connectivity index (χ4v) is 4.65. The largest absolute Gasteiger partial charge is 0.497 e. The van der Waals surface area contributed by atoms with Crippen LogP contribution in [0.15, 0.2) is 30.3 Å². The summed E-state index contributed by atoms with van der Waals surface area (Å²) in [5.74, 6) is 1.78. The number of likely N-dealkylation sites (tertiary alicyclic amines) is 1. The number of thiophene rings is 1. The highest BCUT2D eigenvalue weighted by atomic mass is 32.1. The van der Waals surface area contributed by atoms with Crippen molar-refractivity contribution in [1.82, 2.24) is 4.90 Å². The summed E-state index contributed by atoms with van der Waals surface area (Å²) in [5.41, 5.74) is 2.61. The first-order chi connectivity index (χ1) is 12.1. The van der Waals surface area contributed by atoms with E-state index < -0.39 is 0 Å². The lowest BCUT2D eigenvalue weighted by atomic mass is 9.90. The third-order valence-corrected chi connectivity index (χ3v) is 6.51. The zero-order valence-corrected chi connectivity index (χ0v) is 16.2. The van der Waals surface area contributed by atoms with Gasteiger partial charge >= 0.3 is 0 Å². The number of benzene rings is 1. The summed E-state index contributed by atoms with van der Waals surface area (Å²) in [6.45, 7) is 6.00. The molecule has 0 radical (unpaired) electrons. The van der Waals surface area contributed by atoms with Crippen LogP contribution in [0.3, 0.4) is 0 Å². The van der Waals surface area contributed by atoms with Crippen LogP contribution in [0.4, 0.5) is 0 Å². The minimum absolute atomic E-state index is 0.218. The highest BCUT2D eigenvalue weighted by molar-refractivity contribution is 7.14. The van der Waals surface area contributed by atoms with Crippen molar-refractivity contribution in [2.24, 2.45) is 5.92 Å². The summed E-state index contributed by atoms with van der Waals surface area (Å²) in [4.78, 5) is 17.0. The number of rotatable bonds is 5. The van der Waals surface area contributed by atoms with Crippen LogP contribution in [0, 0.1) is 12.8 Å². The second kappa shape index (κ2) is 8.05. The highest BCUT2D eigenvalue weighted by Gasteiger charge is 2.25. The molecule has 0 bridgehead atoms. The van der Waals surface area contributed by atoms with Gasteiger partial charge < -0.3 is 9.64 Å². The molecule has 1 saturated heterocycles. The second-order valence-electron chi connectivity index (χ2n) is 6.86. The molecule has 1 aliphatic heterocycles. The van der Waals surface area contributed by atoms with E-state index in [1.54, 1.807) is 18.4 Å². The molecule has 0 spiro atoms. The molecule has 0 atom stereocenters. The van der Waals surface area contributed by atoms with Crippen molar-refractivity contribution in [1.29, 1.82) is 0 Å². The zero-order valence-electron chi connectivity index (χ0n) is 15.4. The van der Waals surface area contributed by atoms with Crippen molar-refractivity contribution in [3.63, 3.8) is 0 Å². The van der Waals surface area contributed by atoms with Gasteiger partial charge in [-0.05, 0) is 67.9 Å². The molecule has 3 nitrogen and oxygen atoms in total. The summed E-state index contributed by atoms with van der Waals surface area (Å²) in [7, 11) is 1.69. The summed E-state index contributed by atoms with van der Waals surface area (Å²) in [6, 6.07) is 10.4. The molecule has 1 fully saturated rings. The van der Waals surface area contributed by atoms with Gasteiger partial charge in [-0.15, -0.1) is 11.3 Å². The number of nitrogens with zero attached hydrogens (tertiary/aromatic N) is 1. The van der Waals surface area contributed by atoms with Crippen LogP contribution in [-0.2, 0) is 12.8 Å². The fraction of sp³-hybridized carbons (Fsp3) is 0.476. The van der Waals surface area contributed by atoms with Gasteiger partial charge in [0, 0.05) is 18.0 Å². The molecule has 1 aliphatic rings. The third kappa shape index (κ3) is 4.24.